The van der Waals surface area contributed by atoms with E-state index in [0.29, 0.717) is 0 Å². The quantitative estimate of drug-likeness (QED) is 0.624. The highest BCUT2D eigenvalue weighted by atomic mass is 16.6. The summed E-state index contributed by atoms with van der Waals surface area (Å²) in [5.74, 6) is 0. The number of anilines is 1. The van der Waals surface area contributed by atoms with E-state index in [0.717, 1.165) is 48.2 Å². The lowest BCUT2D eigenvalue weighted by Gasteiger charge is -2.28. The molecule has 0 aliphatic carbocycles. The molecule has 0 spiro atoms. The minimum Gasteiger partial charge on any atom is -0.366 e. The van der Waals surface area contributed by atoms with E-state index in [1.165, 1.54) is 6.42 Å². The number of nitrogens with zero attached hydrogens (tertiary/aromatic N) is 4. The minimum absolute atomic E-state index is 0.190. The summed E-state index contributed by atoms with van der Waals surface area (Å²) >= 11 is 0. The zero-order valence-corrected chi connectivity index (χ0v) is 11.8. The Kier molecular flexibility index (Phi) is 3.08. The van der Waals surface area contributed by atoms with Gasteiger partial charge in [-0.25, -0.2) is 0 Å². The van der Waals surface area contributed by atoms with Crippen LogP contribution in [0.2, 0.25) is 0 Å². The zero-order chi connectivity index (χ0) is 14.3. The Morgan fingerprint density at radius 2 is 1.95 bits per heavy atom. The second-order valence-electron chi connectivity index (χ2n) is 5.37. The van der Waals surface area contributed by atoms with Gasteiger partial charge in [0.2, 0.25) is 0 Å². The van der Waals surface area contributed by atoms with Crippen molar-refractivity contribution in [3.05, 3.63) is 27.9 Å². The van der Waals surface area contributed by atoms with Gasteiger partial charge in [0, 0.05) is 31.6 Å². The lowest BCUT2D eigenvalue weighted by molar-refractivity contribution is -0.384. The number of hydrogen-bond donors (Lipinski definition) is 0. The van der Waals surface area contributed by atoms with Crippen molar-refractivity contribution in [1.29, 1.82) is 0 Å². The van der Waals surface area contributed by atoms with Crippen molar-refractivity contribution in [2.24, 2.45) is 7.05 Å². The number of fused-ring (bicyclic) bond motifs is 1. The summed E-state index contributed by atoms with van der Waals surface area (Å²) in [6, 6.07) is 3.58. The number of nitro groups is 1. The number of benzene rings is 1. The maximum absolute atomic E-state index is 11.4. The summed E-state index contributed by atoms with van der Waals surface area (Å²) in [4.78, 5) is 13.2. The van der Waals surface area contributed by atoms with E-state index in [1.807, 2.05) is 20.0 Å². The molecule has 106 valence electrons. The van der Waals surface area contributed by atoms with Crippen LogP contribution in [-0.4, -0.2) is 27.8 Å². The van der Waals surface area contributed by atoms with E-state index in [9.17, 15) is 10.1 Å². The molecule has 1 aromatic heterocycles. The van der Waals surface area contributed by atoms with Crippen molar-refractivity contribution in [1.82, 2.24) is 9.78 Å². The third kappa shape index (κ3) is 2.01. The van der Waals surface area contributed by atoms with Crippen LogP contribution in [0.3, 0.4) is 0 Å². The number of aryl methyl sites for hydroxylation is 2. The molecule has 0 radical (unpaired) electrons. The van der Waals surface area contributed by atoms with E-state index < -0.39 is 0 Å². The van der Waals surface area contributed by atoms with Crippen molar-refractivity contribution in [2.45, 2.75) is 26.2 Å². The molecular formula is C14H18N4O2. The first-order valence-electron chi connectivity index (χ1n) is 6.94. The Bertz CT molecular complexity index is 671. The van der Waals surface area contributed by atoms with Crippen LogP contribution >= 0.6 is 0 Å². The summed E-state index contributed by atoms with van der Waals surface area (Å²) < 4.78 is 1.79. The molecule has 0 saturated carbocycles. The topological polar surface area (TPSA) is 64.2 Å². The maximum Gasteiger partial charge on any atom is 0.293 e. The van der Waals surface area contributed by atoms with Crippen LogP contribution in [0.4, 0.5) is 11.4 Å². The van der Waals surface area contributed by atoms with Gasteiger partial charge in [0.15, 0.2) is 0 Å². The van der Waals surface area contributed by atoms with Gasteiger partial charge in [-0.05, 0) is 32.3 Å². The van der Waals surface area contributed by atoms with Gasteiger partial charge < -0.3 is 4.90 Å². The van der Waals surface area contributed by atoms with Crippen LogP contribution in [0, 0.1) is 17.0 Å². The molecule has 2 aromatic rings. The Labute approximate surface area is 117 Å². The summed E-state index contributed by atoms with van der Waals surface area (Å²) in [5.41, 5.74) is 2.70. The molecule has 1 aromatic carbocycles. The second-order valence-corrected chi connectivity index (χ2v) is 5.37. The third-order valence-corrected chi connectivity index (χ3v) is 4.02. The first-order chi connectivity index (χ1) is 9.58. The standard InChI is InChI=1S/C14H18N4O2/c1-10-11-8-14(18(19)20)13(9-12(11)16(2)15-10)17-6-4-3-5-7-17/h8-9H,3-7H2,1-2H3. The summed E-state index contributed by atoms with van der Waals surface area (Å²) in [6.45, 7) is 3.67. The molecule has 2 heterocycles. The van der Waals surface area contributed by atoms with Crippen LogP contribution in [0.1, 0.15) is 25.0 Å². The first-order valence-corrected chi connectivity index (χ1v) is 6.94. The fourth-order valence-electron chi connectivity index (χ4n) is 2.99. The minimum atomic E-state index is -0.282. The van der Waals surface area contributed by atoms with Crippen LogP contribution in [0.5, 0.6) is 0 Å². The molecule has 0 N–H and O–H groups in total. The van der Waals surface area contributed by atoms with Gasteiger partial charge >= 0.3 is 0 Å². The number of nitro benzene ring substituents is 1. The van der Waals surface area contributed by atoms with E-state index in [4.69, 9.17) is 0 Å². The number of hydrogen-bond acceptors (Lipinski definition) is 4. The number of rotatable bonds is 2. The molecule has 1 saturated heterocycles. The van der Waals surface area contributed by atoms with E-state index in [-0.39, 0.29) is 10.6 Å². The lowest BCUT2D eigenvalue weighted by Crippen LogP contribution is -2.29. The molecular weight excluding hydrogens is 256 g/mol. The molecule has 0 unspecified atom stereocenters. The normalized spacial score (nSPS) is 15.8. The molecule has 6 heteroatoms. The van der Waals surface area contributed by atoms with Gasteiger partial charge in [0.25, 0.3) is 5.69 Å². The van der Waals surface area contributed by atoms with Gasteiger partial charge in [-0.15, -0.1) is 0 Å². The Hall–Kier alpha value is -2.11. The predicted octanol–water partition coefficient (Wildman–Crippen LogP) is 2.78. The molecule has 1 fully saturated rings. The molecule has 20 heavy (non-hydrogen) atoms. The van der Waals surface area contributed by atoms with Crippen LogP contribution in [0.15, 0.2) is 12.1 Å². The SMILES string of the molecule is Cc1nn(C)c2cc(N3CCCCC3)c([N+](=O)[O-])cc12. The lowest BCUT2D eigenvalue weighted by atomic mass is 10.1. The van der Waals surface area contributed by atoms with Crippen molar-refractivity contribution in [2.75, 3.05) is 18.0 Å². The first kappa shape index (κ1) is 12.9. The monoisotopic (exact) mass is 274 g/mol. The second kappa shape index (κ2) is 4.77. The predicted molar refractivity (Wildman–Crippen MR) is 78.2 cm³/mol. The van der Waals surface area contributed by atoms with Crippen molar-refractivity contribution in [3.63, 3.8) is 0 Å². The van der Waals surface area contributed by atoms with Crippen LogP contribution in [0.25, 0.3) is 10.9 Å². The largest absolute Gasteiger partial charge is 0.366 e. The molecule has 3 rings (SSSR count). The van der Waals surface area contributed by atoms with E-state index in [1.54, 1.807) is 10.7 Å². The Balaban J connectivity index is 2.19. The van der Waals surface area contributed by atoms with Gasteiger partial charge in [-0.1, -0.05) is 0 Å². The summed E-state index contributed by atoms with van der Waals surface area (Å²) in [6.07, 6.45) is 3.40. The fraction of sp³-hybridized carbons (Fsp3) is 0.500. The average molecular weight is 274 g/mol. The van der Waals surface area contributed by atoms with E-state index in [2.05, 4.69) is 10.00 Å². The molecule has 6 nitrogen and oxygen atoms in total. The highest BCUT2D eigenvalue weighted by Gasteiger charge is 2.23. The van der Waals surface area contributed by atoms with Gasteiger partial charge in [-0.2, -0.15) is 5.10 Å². The fourth-order valence-corrected chi connectivity index (χ4v) is 2.99. The average Bonchev–Trinajstić information content (AvgIpc) is 2.73. The summed E-state index contributed by atoms with van der Waals surface area (Å²) in [7, 11) is 1.88. The van der Waals surface area contributed by atoms with Crippen molar-refractivity contribution < 1.29 is 4.92 Å². The van der Waals surface area contributed by atoms with Crippen LogP contribution < -0.4 is 4.90 Å². The Morgan fingerprint density at radius 1 is 1.25 bits per heavy atom. The molecule has 1 aliphatic rings. The maximum atomic E-state index is 11.4. The van der Waals surface area contributed by atoms with E-state index >= 15 is 0 Å². The van der Waals surface area contributed by atoms with Gasteiger partial charge in [0.1, 0.15) is 5.69 Å². The van der Waals surface area contributed by atoms with Gasteiger partial charge in [-0.3, -0.25) is 14.8 Å². The zero-order valence-electron chi connectivity index (χ0n) is 11.8. The molecule has 1 aliphatic heterocycles. The van der Waals surface area contributed by atoms with Gasteiger partial charge in [0.05, 0.1) is 16.1 Å². The van der Waals surface area contributed by atoms with Crippen molar-refractivity contribution >= 4 is 22.3 Å². The summed E-state index contributed by atoms with van der Waals surface area (Å²) in [5, 5.41) is 16.6. The van der Waals surface area contributed by atoms with Crippen LogP contribution in [-0.2, 0) is 7.05 Å². The smallest absolute Gasteiger partial charge is 0.293 e. The van der Waals surface area contributed by atoms with Crippen molar-refractivity contribution in [3.8, 4) is 0 Å². The molecule has 0 bridgehead atoms. The highest BCUT2D eigenvalue weighted by molar-refractivity contribution is 5.90. The number of aromatic nitrogens is 2. The molecule has 0 atom stereocenters. The molecule has 0 amide bonds. The highest BCUT2D eigenvalue weighted by Crippen LogP contribution is 2.35. The Morgan fingerprint density at radius 3 is 2.60 bits per heavy atom. The number of piperidine rings is 1. The third-order valence-electron chi connectivity index (χ3n) is 4.02.